The third-order valence-corrected chi connectivity index (χ3v) is 5.34. The average molecular weight is 320 g/mol. The number of nitrogens with zero attached hydrogens (tertiary/aromatic N) is 1. The molecule has 0 saturated carbocycles. The van der Waals surface area contributed by atoms with Crippen LogP contribution in [0, 0.1) is 0 Å². The van der Waals surface area contributed by atoms with Gasteiger partial charge in [-0.1, -0.05) is 18.5 Å². The quantitative estimate of drug-likeness (QED) is 0.875. The number of carbonyl (C=O) groups is 1. The van der Waals surface area contributed by atoms with Gasteiger partial charge in [0.2, 0.25) is 10.0 Å². The zero-order valence-electron chi connectivity index (χ0n) is 11.6. The summed E-state index contributed by atoms with van der Waals surface area (Å²) >= 11 is 5.94. The molecular weight excluding hydrogens is 302 g/mol. The van der Waals surface area contributed by atoms with Gasteiger partial charge in [0.15, 0.2) is 0 Å². The Hall–Kier alpha value is -1.11. The van der Waals surface area contributed by atoms with Gasteiger partial charge in [-0.25, -0.2) is 13.2 Å². The molecular formula is C13H18ClNO4S. The van der Waals surface area contributed by atoms with E-state index in [1.807, 2.05) is 6.92 Å². The van der Waals surface area contributed by atoms with Gasteiger partial charge in [0, 0.05) is 12.6 Å². The van der Waals surface area contributed by atoms with Gasteiger partial charge in [-0.3, -0.25) is 0 Å². The van der Waals surface area contributed by atoms with Crippen molar-refractivity contribution in [3.63, 3.8) is 0 Å². The van der Waals surface area contributed by atoms with E-state index in [0.29, 0.717) is 13.0 Å². The van der Waals surface area contributed by atoms with Gasteiger partial charge in [-0.2, -0.15) is 4.31 Å². The van der Waals surface area contributed by atoms with Gasteiger partial charge in [0.05, 0.1) is 10.6 Å². The van der Waals surface area contributed by atoms with Gasteiger partial charge < -0.3 is 5.11 Å². The van der Waals surface area contributed by atoms with Gasteiger partial charge >= 0.3 is 5.97 Å². The van der Waals surface area contributed by atoms with Crippen LogP contribution in [0.1, 0.15) is 37.6 Å². The largest absolute Gasteiger partial charge is 0.478 e. The van der Waals surface area contributed by atoms with Crippen LogP contribution in [0.4, 0.5) is 0 Å². The molecule has 7 heteroatoms. The van der Waals surface area contributed by atoms with Crippen molar-refractivity contribution in [2.75, 3.05) is 6.54 Å². The minimum Gasteiger partial charge on any atom is -0.478 e. The summed E-state index contributed by atoms with van der Waals surface area (Å²) in [4.78, 5) is 10.8. The number of rotatable bonds is 6. The number of aromatic carboxylic acids is 1. The Morgan fingerprint density at radius 2 is 2.00 bits per heavy atom. The fourth-order valence-corrected chi connectivity index (χ4v) is 4.07. The molecule has 0 bridgehead atoms. The Bertz CT molecular complexity index is 598. The Morgan fingerprint density at radius 3 is 2.45 bits per heavy atom. The number of carboxylic acid groups (broad SMARTS) is 1. The molecule has 1 aromatic rings. The summed E-state index contributed by atoms with van der Waals surface area (Å²) in [6.07, 6.45) is 0.660. The lowest BCUT2D eigenvalue weighted by Gasteiger charge is -2.26. The van der Waals surface area contributed by atoms with E-state index in [1.165, 1.54) is 16.4 Å². The minimum absolute atomic E-state index is 0.0248. The number of halogens is 1. The summed E-state index contributed by atoms with van der Waals surface area (Å²) in [7, 11) is -3.81. The lowest BCUT2D eigenvalue weighted by Crippen LogP contribution is -2.37. The van der Waals surface area contributed by atoms with Crippen LogP contribution >= 0.6 is 11.6 Å². The molecule has 0 aliphatic rings. The highest BCUT2D eigenvalue weighted by Crippen LogP contribution is 2.27. The molecule has 0 saturated heterocycles. The van der Waals surface area contributed by atoms with Crippen LogP contribution in [0.25, 0.3) is 0 Å². The molecule has 0 spiro atoms. The van der Waals surface area contributed by atoms with Crippen LogP contribution < -0.4 is 0 Å². The molecule has 0 aliphatic carbocycles. The van der Waals surface area contributed by atoms with Crippen molar-refractivity contribution in [1.29, 1.82) is 0 Å². The molecule has 0 radical (unpaired) electrons. The molecule has 0 unspecified atom stereocenters. The second kappa shape index (κ2) is 6.56. The summed E-state index contributed by atoms with van der Waals surface area (Å²) in [6, 6.07) is 3.45. The second-order valence-corrected chi connectivity index (χ2v) is 6.93. The SMILES string of the molecule is CCCN(C(C)C)S(=O)(=O)c1cc(C(=O)O)ccc1Cl. The van der Waals surface area contributed by atoms with Crippen LogP contribution in [0.5, 0.6) is 0 Å². The highest BCUT2D eigenvalue weighted by atomic mass is 35.5. The first-order valence-corrected chi connectivity index (χ1v) is 8.08. The molecule has 1 aromatic carbocycles. The molecule has 20 heavy (non-hydrogen) atoms. The molecule has 0 fully saturated rings. The predicted octanol–water partition coefficient (Wildman–Crippen LogP) is 2.85. The van der Waals surface area contributed by atoms with Gasteiger partial charge in [0.25, 0.3) is 0 Å². The van der Waals surface area contributed by atoms with Crippen LogP contribution in [-0.2, 0) is 10.0 Å². The number of benzene rings is 1. The Labute approximate surface area is 124 Å². The van der Waals surface area contributed by atoms with Gasteiger partial charge in [0.1, 0.15) is 4.90 Å². The van der Waals surface area contributed by atoms with Crippen molar-refractivity contribution in [3.05, 3.63) is 28.8 Å². The second-order valence-electron chi connectivity index (χ2n) is 4.66. The molecule has 0 amide bonds. The zero-order chi connectivity index (χ0) is 15.5. The molecule has 112 valence electrons. The van der Waals surface area contributed by atoms with Gasteiger partial charge in [-0.15, -0.1) is 0 Å². The Balaban J connectivity index is 3.40. The average Bonchev–Trinajstić information content (AvgIpc) is 2.35. The normalized spacial score (nSPS) is 12.1. The van der Waals surface area contributed by atoms with Crippen molar-refractivity contribution in [2.24, 2.45) is 0 Å². The molecule has 0 aliphatic heterocycles. The lowest BCUT2D eigenvalue weighted by atomic mass is 10.2. The third kappa shape index (κ3) is 3.50. The van der Waals surface area contributed by atoms with E-state index >= 15 is 0 Å². The minimum atomic E-state index is -3.81. The molecule has 0 atom stereocenters. The summed E-state index contributed by atoms with van der Waals surface area (Å²) in [5, 5.41) is 8.99. The molecule has 0 heterocycles. The molecule has 5 nitrogen and oxygen atoms in total. The number of hydrogen-bond donors (Lipinski definition) is 1. The highest BCUT2D eigenvalue weighted by Gasteiger charge is 2.29. The maximum atomic E-state index is 12.6. The number of carboxylic acids is 1. The van der Waals surface area contributed by atoms with Crippen LogP contribution in [-0.4, -0.2) is 36.4 Å². The van der Waals surface area contributed by atoms with E-state index in [2.05, 4.69) is 0 Å². The first-order valence-electron chi connectivity index (χ1n) is 6.26. The fraction of sp³-hybridized carbons (Fsp3) is 0.462. The van der Waals surface area contributed by atoms with Crippen molar-refractivity contribution >= 4 is 27.6 Å². The fourth-order valence-electron chi connectivity index (χ4n) is 1.84. The standard InChI is InChI=1S/C13H18ClNO4S/c1-4-7-15(9(2)3)20(18,19)12-8-10(13(16)17)5-6-11(12)14/h5-6,8-9H,4,7H2,1-3H3,(H,16,17). The molecule has 0 aromatic heterocycles. The smallest absolute Gasteiger partial charge is 0.335 e. The van der Waals surface area contributed by atoms with Crippen LogP contribution in [0.2, 0.25) is 5.02 Å². The number of hydrogen-bond acceptors (Lipinski definition) is 3. The molecule has 1 rings (SSSR count). The van der Waals surface area contributed by atoms with E-state index in [1.54, 1.807) is 13.8 Å². The maximum Gasteiger partial charge on any atom is 0.335 e. The van der Waals surface area contributed by atoms with Crippen molar-refractivity contribution in [1.82, 2.24) is 4.31 Å². The number of sulfonamides is 1. The third-order valence-electron chi connectivity index (χ3n) is 2.78. The van der Waals surface area contributed by atoms with E-state index < -0.39 is 16.0 Å². The van der Waals surface area contributed by atoms with Crippen molar-refractivity contribution in [2.45, 2.75) is 38.1 Å². The first-order chi connectivity index (χ1) is 9.21. The van der Waals surface area contributed by atoms with E-state index in [9.17, 15) is 13.2 Å². The van der Waals surface area contributed by atoms with E-state index in [-0.39, 0.29) is 21.5 Å². The summed E-state index contributed by atoms with van der Waals surface area (Å²) in [6.45, 7) is 5.76. The Morgan fingerprint density at radius 1 is 1.40 bits per heavy atom. The van der Waals surface area contributed by atoms with E-state index in [4.69, 9.17) is 16.7 Å². The van der Waals surface area contributed by atoms with Crippen LogP contribution in [0.3, 0.4) is 0 Å². The van der Waals surface area contributed by atoms with Crippen molar-refractivity contribution < 1.29 is 18.3 Å². The van der Waals surface area contributed by atoms with E-state index in [0.717, 1.165) is 6.07 Å². The zero-order valence-corrected chi connectivity index (χ0v) is 13.2. The van der Waals surface area contributed by atoms with Crippen molar-refractivity contribution in [3.8, 4) is 0 Å². The summed E-state index contributed by atoms with van der Waals surface area (Å²) in [5.41, 5.74) is -0.104. The maximum absolute atomic E-state index is 12.6. The summed E-state index contributed by atoms with van der Waals surface area (Å²) in [5.74, 6) is -1.19. The monoisotopic (exact) mass is 319 g/mol. The lowest BCUT2D eigenvalue weighted by molar-refractivity contribution is 0.0696. The highest BCUT2D eigenvalue weighted by molar-refractivity contribution is 7.89. The topological polar surface area (TPSA) is 74.7 Å². The van der Waals surface area contributed by atoms with Gasteiger partial charge in [-0.05, 0) is 38.5 Å². The first kappa shape index (κ1) is 16.9. The summed E-state index contributed by atoms with van der Waals surface area (Å²) < 4.78 is 26.5. The molecule has 1 N–H and O–H groups in total. The Kier molecular flexibility index (Phi) is 5.56. The van der Waals surface area contributed by atoms with Crippen LogP contribution in [0.15, 0.2) is 23.1 Å². The predicted molar refractivity (Wildman–Crippen MR) is 77.7 cm³/mol.